The van der Waals surface area contributed by atoms with Gasteiger partial charge in [-0.05, 0) is 93.7 Å². The summed E-state index contributed by atoms with van der Waals surface area (Å²) in [6, 6.07) is 13.5. The lowest BCUT2D eigenvalue weighted by atomic mass is 10.00. The Morgan fingerprint density at radius 2 is 1.81 bits per heavy atom. The maximum atomic E-state index is 13.2. The maximum absolute atomic E-state index is 13.2. The molecule has 0 fully saturated rings. The number of carbonyl (C=O) groups excluding carboxylic acids is 1. The van der Waals surface area contributed by atoms with Crippen molar-refractivity contribution in [3.8, 4) is 11.1 Å². The fourth-order valence-electron chi connectivity index (χ4n) is 5.19. The normalized spacial score (nSPS) is 13.0. The summed E-state index contributed by atoms with van der Waals surface area (Å²) in [5.74, 6) is 1.17. The minimum absolute atomic E-state index is 0.0782. The van der Waals surface area contributed by atoms with E-state index in [1.165, 1.54) is 29.7 Å². The zero-order valence-corrected chi connectivity index (χ0v) is 25.8. The van der Waals surface area contributed by atoms with Gasteiger partial charge >= 0.3 is 0 Å². The number of benzene rings is 1. The van der Waals surface area contributed by atoms with Gasteiger partial charge < -0.3 is 25.0 Å². The quantitative estimate of drug-likeness (QED) is 0.251. The monoisotopic (exact) mass is 585 g/mol. The van der Waals surface area contributed by atoms with Crippen LogP contribution in [-0.4, -0.2) is 59.8 Å². The summed E-state index contributed by atoms with van der Waals surface area (Å²) in [5.41, 5.74) is 5.01. The van der Waals surface area contributed by atoms with Gasteiger partial charge in [-0.3, -0.25) is 9.59 Å². The summed E-state index contributed by atoms with van der Waals surface area (Å²) in [4.78, 5) is 32.5. The molecule has 0 radical (unpaired) electrons. The Balaban J connectivity index is 1.35. The molecule has 0 spiro atoms. The third-order valence-electron chi connectivity index (χ3n) is 7.73. The first-order chi connectivity index (χ1) is 20.2. The second-order valence-corrected chi connectivity index (χ2v) is 12.4. The van der Waals surface area contributed by atoms with E-state index in [-0.39, 0.29) is 11.5 Å². The standard InChI is InChI=1S/C32H39N7O2S/c1-21-24(11-9-12-25(21)34-31(40)28-19-22-10-7-6-8-13-27(22)42-28)23-18-26(32(41)39(5)20-23)33-29-14-15-30(36-35-29)38(4)17-16-37(2)3/h9,11-12,14-15,18-20H,6-8,10,13,16-17H2,1-5H3,(H,33,35)(H,34,40). The highest BCUT2D eigenvalue weighted by molar-refractivity contribution is 7.14. The van der Waals surface area contributed by atoms with E-state index in [2.05, 4.69) is 31.8 Å². The third kappa shape index (κ3) is 6.71. The van der Waals surface area contributed by atoms with Crippen molar-refractivity contribution in [1.29, 1.82) is 0 Å². The van der Waals surface area contributed by atoms with E-state index in [1.54, 1.807) is 23.0 Å². The van der Waals surface area contributed by atoms with E-state index in [9.17, 15) is 9.59 Å². The summed E-state index contributed by atoms with van der Waals surface area (Å²) in [5, 5.41) is 14.9. The lowest BCUT2D eigenvalue weighted by molar-refractivity contribution is 0.103. The van der Waals surface area contributed by atoms with E-state index in [0.29, 0.717) is 11.5 Å². The van der Waals surface area contributed by atoms with E-state index in [4.69, 9.17) is 0 Å². The van der Waals surface area contributed by atoms with Gasteiger partial charge in [0, 0.05) is 49.5 Å². The molecule has 220 valence electrons. The van der Waals surface area contributed by atoms with Crippen LogP contribution in [0.25, 0.3) is 11.1 Å². The molecule has 9 nitrogen and oxygen atoms in total. The molecule has 0 saturated heterocycles. The first kappa shape index (κ1) is 29.5. The van der Waals surface area contributed by atoms with Crippen LogP contribution < -0.4 is 21.1 Å². The molecule has 2 N–H and O–H groups in total. The predicted octanol–water partition coefficient (Wildman–Crippen LogP) is 5.47. The van der Waals surface area contributed by atoms with Crippen molar-refractivity contribution in [3.63, 3.8) is 0 Å². The van der Waals surface area contributed by atoms with Crippen LogP contribution in [0.3, 0.4) is 0 Å². The molecule has 4 aromatic rings. The zero-order chi connectivity index (χ0) is 29.8. The average molecular weight is 586 g/mol. The Hall–Kier alpha value is -4.02. The third-order valence-corrected chi connectivity index (χ3v) is 8.97. The first-order valence-electron chi connectivity index (χ1n) is 14.4. The number of rotatable bonds is 9. The van der Waals surface area contributed by atoms with Crippen LogP contribution >= 0.6 is 11.3 Å². The van der Waals surface area contributed by atoms with Gasteiger partial charge in [-0.25, -0.2) is 0 Å². The Morgan fingerprint density at radius 3 is 2.57 bits per heavy atom. The SMILES string of the molecule is Cc1c(NC(=O)c2cc3c(s2)CCCCC3)cccc1-c1cc(Nc2ccc(N(C)CCN(C)C)nn2)c(=O)n(C)c1. The second-order valence-electron chi connectivity index (χ2n) is 11.2. The molecule has 0 unspecified atom stereocenters. The predicted molar refractivity (Wildman–Crippen MR) is 173 cm³/mol. The van der Waals surface area contributed by atoms with Crippen molar-refractivity contribution in [2.45, 2.75) is 39.0 Å². The number of hydrogen-bond acceptors (Lipinski definition) is 8. The fraction of sp³-hybridized carbons (Fsp3) is 0.375. The van der Waals surface area contributed by atoms with Gasteiger partial charge in [-0.2, -0.15) is 0 Å². The molecule has 42 heavy (non-hydrogen) atoms. The molecular formula is C32H39N7O2S. The van der Waals surface area contributed by atoms with Crippen LogP contribution in [0.5, 0.6) is 0 Å². The molecule has 0 saturated carbocycles. The van der Waals surface area contributed by atoms with Gasteiger partial charge in [-0.15, -0.1) is 21.5 Å². The number of likely N-dealkylation sites (N-methyl/N-ethyl adjacent to an activating group) is 2. The van der Waals surface area contributed by atoms with Gasteiger partial charge in [-0.1, -0.05) is 18.6 Å². The molecular weight excluding hydrogens is 546 g/mol. The van der Waals surface area contributed by atoms with Crippen molar-refractivity contribution in [1.82, 2.24) is 19.7 Å². The van der Waals surface area contributed by atoms with E-state index < -0.39 is 0 Å². The topological polar surface area (TPSA) is 95.4 Å². The van der Waals surface area contributed by atoms with Crippen molar-refractivity contribution in [2.75, 3.05) is 49.8 Å². The fourth-order valence-corrected chi connectivity index (χ4v) is 6.34. The number of thiophene rings is 1. The number of pyridine rings is 1. The van der Waals surface area contributed by atoms with Crippen LogP contribution in [0.15, 0.2) is 53.5 Å². The first-order valence-corrected chi connectivity index (χ1v) is 15.2. The number of amides is 1. The van der Waals surface area contributed by atoms with Crippen LogP contribution in [-0.2, 0) is 19.9 Å². The number of fused-ring (bicyclic) bond motifs is 1. The second kappa shape index (κ2) is 12.9. The Bertz CT molecular complexity index is 1600. The number of nitrogens with zero attached hydrogens (tertiary/aromatic N) is 5. The minimum atomic E-state index is -0.174. The van der Waals surface area contributed by atoms with Crippen molar-refractivity contribution >= 4 is 40.3 Å². The van der Waals surface area contributed by atoms with E-state index in [0.717, 1.165) is 59.0 Å². The summed E-state index contributed by atoms with van der Waals surface area (Å²) in [6.07, 6.45) is 7.57. The van der Waals surface area contributed by atoms with Gasteiger partial charge in [0.15, 0.2) is 11.6 Å². The number of anilines is 4. The number of nitrogens with one attached hydrogen (secondary N) is 2. The Kier molecular flexibility index (Phi) is 9.03. The smallest absolute Gasteiger partial charge is 0.274 e. The largest absolute Gasteiger partial charge is 0.357 e. The molecule has 1 aliphatic carbocycles. The summed E-state index contributed by atoms with van der Waals surface area (Å²) < 4.78 is 1.55. The van der Waals surface area contributed by atoms with Crippen LogP contribution in [0, 0.1) is 6.92 Å². The van der Waals surface area contributed by atoms with Gasteiger partial charge in [0.05, 0.1) is 4.88 Å². The molecule has 0 bridgehead atoms. The molecule has 1 aliphatic rings. The Labute approximate surface area is 251 Å². The van der Waals surface area contributed by atoms with Gasteiger partial charge in [0.25, 0.3) is 11.5 Å². The highest BCUT2D eigenvalue weighted by Gasteiger charge is 2.18. The number of carbonyl (C=O) groups is 1. The molecule has 3 aromatic heterocycles. The Morgan fingerprint density at radius 1 is 1.00 bits per heavy atom. The molecule has 1 aromatic carbocycles. The van der Waals surface area contributed by atoms with Crippen molar-refractivity contribution < 1.29 is 4.79 Å². The van der Waals surface area contributed by atoms with Gasteiger partial charge in [0.2, 0.25) is 0 Å². The minimum Gasteiger partial charge on any atom is -0.357 e. The van der Waals surface area contributed by atoms with Crippen LogP contribution in [0.4, 0.5) is 23.0 Å². The molecule has 3 heterocycles. The number of aromatic nitrogens is 3. The lowest BCUT2D eigenvalue weighted by Gasteiger charge is -2.20. The van der Waals surface area contributed by atoms with E-state index >= 15 is 0 Å². The van der Waals surface area contributed by atoms with Crippen LogP contribution in [0.2, 0.25) is 0 Å². The maximum Gasteiger partial charge on any atom is 0.274 e. The summed E-state index contributed by atoms with van der Waals surface area (Å²) in [6.45, 7) is 3.72. The van der Waals surface area contributed by atoms with Crippen molar-refractivity contribution in [2.24, 2.45) is 7.05 Å². The molecule has 0 atom stereocenters. The molecule has 10 heteroatoms. The number of hydrogen-bond donors (Lipinski definition) is 2. The summed E-state index contributed by atoms with van der Waals surface area (Å²) >= 11 is 1.62. The zero-order valence-electron chi connectivity index (χ0n) is 25.0. The summed E-state index contributed by atoms with van der Waals surface area (Å²) in [7, 11) is 7.78. The molecule has 0 aliphatic heterocycles. The molecule has 5 rings (SSSR count). The van der Waals surface area contributed by atoms with E-state index in [1.807, 2.05) is 75.6 Å². The average Bonchev–Trinajstić information content (AvgIpc) is 3.25. The lowest BCUT2D eigenvalue weighted by Crippen LogP contribution is -2.29. The van der Waals surface area contributed by atoms with Crippen molar-refractivity contribution in [3.05, 3.63) is 79.9 Å². The van der Waals surface area contributed by atoms with Crippen LogP contribution in [0.1, 0.15) is 44.9 Å². The highest BCUT2D eigenvalue weighted by Crippen LogP contribution is 2.32. The molecule has 1 amide bonds. The van der Waals surface area contributed by atoms with Gasteiger partial charge in [0.1, 0.15) is 5.69 Å². The highest BCUT2D eigenvalue weighted by atomic mass is 32.1. The number of aryl methyl sites for hydroxylation is 3.